The van der Waals surface area contributed by atoms with E-state index in [1.54, 1.807) is 49.4 Å². The Morgan fingerprint density at radius 1 is 1.17 bits per heavy atom. The Morgan fingerprint density at radius 3 is 2.50 bits per heavy atom. The van der Waals surface area contributed by atoms with E-state index in [0.717, 1.165) is 11.1 Å². The van der Waals surface area contributed by atoms with E-state index in [2.05, 4.69) is 4.98 Å². The predicted molar refractivity (Wildman–Crippen MR) is 119 cm³/mol. The van der Waals surface area contributed by atoms with Crippen LogP contribution in [0.2, 0.25) is 5.15 Å². The van der Waals surface area contributed by atoms with Crippen molar-refractivity contribution in [1.29, 1.82) is 0 Å². The van der Waals surface area contributed by atoms with Crippen molar-refractivity contribution >= 4 is 40.3 Å². The number of ketones is 1. The molecule has 1 N–H and O–H groups in total. The van der Waals surface area contributed by atoms with Crippen LogP contribution in [0.3, 0.4) is 0 Å². The van der Waals surface area contributed by atoms with E-state index in [4.69, 9.17) is 11.6 Å². The van der Waals surface area contributed by atoms with Crippen LogP contribution in [0.4, 0.5) is 5.69 Å². The minimum Gasteiger partial charge on any atom is -0.503 e. The Morgan fingerprint density at radius 2 is 1.90 bits per heavy atom. The van der Waals surface area contributed by atoms with Crippen molar-refractivity contribution in [1.82, 2.24) is 4.98 Å². The molecular weight excluding hydrogens is 420 g/mol. The standard InChI is InChI=1S/C23H19ClN2O3S/c1-13(2)20(27)18-19(17-4-3-10-25-22(17)24)26(23(29)21(18)28)16-7-5-14(6-8-16)15-9-11-30-12-15/h3-13,19,28H,1-2H3. The van der Waals surface area contributed by atoms with Crippen molar-refractivity contribution in [3.8, 4) is 11.1 Å². The topological polar surface area (TPSA) is 70.5 Å². The molecule has 1 unspecified atom stereocenters. The summed E-state index contributed by atoms with van der Waals surface area (Å²) in [5.41, 5.74) is 3.19. The first-order valence-electron chi connectivity index (χ1n) is 9.44. The average molecular weight is 439 g/mol. The van der Waals surface area contributed by atoms with Gasteiger partial charge in [0.1, 0.15) is 5.15 Å². The first-order valence-corrected chi connectivity index (χ1v) is 10.8. The molecule has 0 spiro atoms. The second kappa shape index (κ2) is 8.05. The third kappa shape index (κ3) is 3.42. The highest BCUT2D eigenvalue weighted by molar-refractivity contribution is 7.08. The van der Waals surface area contributed by atoms with Crippen LogP contribution in [-0.4, -0.2) is 21.8 Å². The van der Waals surface area contributed by atoms with Gasteiger partial charge in [0, 0.05) is 23.4 Å². The first kappa shape index (κ1) is 20.3. The summed E-state index contributed by atoms with van der Waals surface area (Å²) in [4.78, 5) is 31.5. The van der Waals surface area contributed by atoms with Gasteiger partial charge in [-0.3, -0.25) is 14.5 Å². The fourth-order valence-corrected chi connectivity index (χ4v) is 4.46. The van der Waals surface area contributed by atoms with E-state index in [-0.39, 0.29) is 16.5 Å². The first-order chi connectivity index (χ1) is 14.4. The predicted octanol–water partition coefficient (Wildman–Crippen LogP) is 5.59. The van der Waals surface area contributed by atoms with Gasteiger partial charge in [0.2, 0.25) is 0 Å². The second-order valence-corrected chi connectivity index (χ2v) is 8.44. The number of aliphatic hydroxyl groups is 1. The van der Waals surface area contributed by atoms with E-state index in [1.807, 2.05) is 29.0 Å². The summed E-state index contributed by atoms with van der Waals surface area (Å²) in [7, 11) is 0. The summed E-state index contributed by atoms with van der Waals surface area (Å²) < 4.78 is 0. The van der Waals surface area contributed by atoms with Gasteiger partial charge in [-0.1, -0.05) is 43.6 Å². The van der Waals surface area contributed by atoms with Gasteiger partial charge >= 0.3 is 0 Å². The van der Waals surface area contributed by atoms with E-state index < -0.39 is 23.6 Å². The van der Waals surface area contributed by atoms with Gasteiger partial charge in [0.25, 0.3) is 5.91 Å². The number of carbonyl (C=O) groups excluding carboxylic acids is 2. The third-order valence-electron chi connectivity index (χ3n) is 5.08. The number of benzene rings is 1. The van der Waals surface area contributed by atoms with Crippen molar-refractivity contribution in [3.05, 3.63) is 81.5 Å². The summed E-state index contributed by atoms with van der Waals surface area (Å²) in [6.07, 6.45) is 1.54. The molecule has 0 saturated heterocycles. The van der Waals surface area contributed by atoms with Gasteiger partial charge in [-0.25, -0.2) is 4.98 Å². The molecule has 3 aromatic rings. The van der Waals surface area contributed by atoms with Crippen LogP contribution < -0.4 is 4.90 Å². The van der Waals surface area contributed by atoms with E-state index in [9.17, 15) is 14.7 Å². The molecule has 0 radical (unpaired) electrons. The molecule has 1 aliphatic heterocycles. The molecule has 2 aromatic heterocycles. The Labute approximate surface area is 183 Å². The zero-order chi connectivity index (χ0) is 21.4. The molecule has 152 valence electrons. The fourth-order valence-electron chi connectivity index (χ4n) is 3.57. The number of aliphatic hydroxyl groups excluding tert-OH is 1. The van der Waals surface area contributed by atoms with Gasteiger partial charge < -0.3 is 5.11 Å². The van der Waals surface area contributed by atoms with Crippen LogP contribution in [0, 0.1) is 5.92 Å². The number of thiophene rings is 1. The van der Waals surface area contributed by atoms with Crippen LogP contribution in [0.5, 0.6) is 0 Å². The molecule has 30 heavy (non-hydrogen) atoms. The molecule has 0 saturated carbocycles. The summed E-state index contributed by atoms with van der Waals surface area (Å²) in [6, 6.07) is 12.0. The smallest absolute Gasteiger partial charge is 0.294 e. The molecular formula is C23H19ClN2O3S. The molecule has 1 amide bonds. The highest BCUT2D eigenvalue weighted by Gasteiger charge is 2.45. The molecule has 1 aliphatic rings. The number of hydrogen-bond acceptors (Lipinski definition) is 5. The number of aromatic nitrogens is 1. The molecule has 0 bridgehead atoms. The van der Waals surface area contributed by atoms with Crippen LogP contribution >= 0.6 is 22.9 Å². The molecule has 1 atom stereocenters. The van der Waals surface area contributed by atoms with Crippen LogP contribution in [-0.2, 0) is 9.59 Å². The van der Waals surface area contributed by atoms with Gasteiger partial charge in [-0.2, -0.15) is 11.3 Å². The lowest BCUT2D eigenvalue weighted by molar-refractivity contribution is -0.119. The number of nitrogens with zero attached hydrogens (tertiary/aromatic N) is 2. The lowest BCUT2D eigenvalue weighted by Crippen LogP contribution is -2.31. The van der Waals surface area contributed by atoms with Crippen molar-refractivity contribution in [2.24, 2.45) is 5.92 Å². The Balaban J connectivity index is 1.83. The summed E-state index contributed by atoms with van der Waals surface area (Å²) in [5, 5.41) is 14.9. The van der Waals surface area contributed by atoms with Crippen molar-refractivity contribution in [2.45, 2.75) is 19.9 Å². The lowest BCUT2D eigenvalue weighted by atomic mass is 9.92. The van der Waals surface area contributed by atoms with Crippen molar-refractivity contribution < 1.29 is 14.7 Å². The number of halogens is 1. The van der Waals surface area contributed by atoms with Crippen molar-refractivity contribution in [2.75, 3.05) is 4.90 Å². The average Bonchev–Trinajstić information content (AvgIpc) is 3.36. The number of Topliss-reactive ketones (excluding diaryl/α,β-unsaturated/α-hetero) is 1. The zero-order valence-corrected chi connectivity index (χ0v) is 17.9. The largest absolute Gasteiger partial charge is 0.503 e. The van der Waals surface area contributed by atoms with Crippen molar-refractivity contribution in [3.63, 3.8) is 0 Å². The van der Waals surface area contributed by atoms with Gasteiger partial charge in [0.15, 0.2) is 11.5 Å². The Bertz CT molecular complexity index is 1140. The van der Waals surface area contributed by atoms with E-state index in [0.29, 0.717) is 11.3 Å². The lowest BCUT2D eigenvalue weighted by Gasteiger charge is -2.27. The van der Waals surface area contributed by atoms with Crippen LogP contribution in [0.15, 0.2) is 70.8 Å². The molecule has 1 aromatic carbocycles. The third-order valence-corrected chi connectivity index (χ3v) is 6.08. The second-order valence-electron chi connectivity index (χ2n) is 7.30. The number of amides is 1. The fraction of sp³-hybridized carbons (Fsp3) is 0.174. The molecule has 5 nitrogen and oxygen atoms in total. The molecule has 4 rings (SSSR count). The van der Waals surface area contributed by atoms with Crippen LogP contribution in [0.25, 0.3) is 11.1 Å². The SMILES string of the molecule is CC(C)C(=O)C1=C(O)C(=O)N(c2ccc(-c3ccsc3)cc2)C1c1cccnc1Cl. The van der Waals surface area contributed by atoms with E-state index >= 15 is 0 Å². The molecule has 0 fully saturated rings. The maximum Gasteiger partial charge on any atom is 0.294 e. The normalized spacial score (nSPS) is 16.6. The molecule has 3 heterocycles. The number of rotatable bonds is 5. The van der Waals surface area contributed by atoms with Gasteiger partial charge in [-0.05, 0) is 46.2 Å². The number of anilines is 1. The van der Waals surface area contributed by atoms with Crippen LogP contribution in [0.1, 0.15) is 25.5 Å². The minimum absolute atomic E-state index is 0.0480. The summed E-state index contributed by atoms with van der Waals surface area (Å²) >= 11 is 7.94. The zero-order valence-electron chi connectivity index (χ0n) is 16.4. The monoisotopic (exact) mass is 438 g/mol. The number of carbonyl (C=O) groups is 2. The maximum absolute atomic E-state index is 13.1. The number of hydrogen-bond donors (Lipinski definition) is 1. The van der Waals surface area contributed by atoms with Gasteiger partial charge in [-0.15, -0.1) is 0 Å². The highest BCUT2D eigenvalue weighted by atomic mass is 35.5. The Kier molecular flexibility index (Phi) is 5.45. The van der Waals surface area contributed by atoms with Gasteiger partial charge in [0.05, 0.1) is 11.6 Å². The van der Waals surface area contributed by atoms with E-state index in [1.165, 1.54) is 11.1 Å². The highest BCUT2D eigenvalue weighted by Crippen LogP contribution is 2.43. The Hall–Kier alpha value is -2.96. The molecule has 0 aliphatic carbocycles. The maximum atomic E-state index is 13.1. The molecule has 7 heteroatoms. The quantitative estimate of drug-likeness (QED) is 0.527. The summed E-state index contributed by atoms with van der Waals surface area (Å²) in [5.74, 6) is -1.87. The minimum atomic E-state index is -0.847. The summed E-state index contributed by atoms with van der Waals surface area (Å²) in [6.45, 7) is 3.46. The number of pyridine rings is 1.